The van der Waals surface area contributed by atoms with Crippen LogP contribution in [0.1, 0.15) is 37.3 Å². The van der Waals surface area contributed by atoms with Crippen LogP contribution in [-0.2, 0) is 14.9 Å². The maximum Gasteiger partial charge on any atom is 0.296 e. The van der Waals surface area contributed by atoms with Crippen LogP contribution in [0.25, 0.3) is 10.8 Å². The zero-order valence-electron chi connectivity index (χ0n) is 22.8. The molecule has 0 spiro atoms. The third-order valence-electron chi connectivity index (χ3n) is 7.73. The van der Waals surface area contributed by atoms with Gasteiger partial charge in [-0.2, -0.15) is 13.5 Å². The van der Waals surface area contributed by atoms with Gasteiger partial charge in [0.05, 0.1) is 22.4 Å². The number of rotatable bonds is 6. The predicted octanol–water partition coefficient (Wildman–Crippen LogP) is 7.79. The lowest BCUT2D eigenvalue weighted by atomic mass is 10.0. The van der Waals surface area contributed by atoms with E-state index in [0.717, 1.165) is 30.2 Å². The Kier molecular flexibility index (Phi) is 8.39. The molecule has 0 bridgehead atoms. The Labute approximate surface area is 264 Å². The Bertz CT molecular complexity index is 1840. The Hall–Kier alpha value is -3.18. The van der Waals surface area contributed by atoms with Gasteiger partial charge in [-0.1, -0.05) is 83.7 Å². The van der Waals surface area contributed by atoms with E-state index >= 15 is 0 Å². The summed E-state index contributed by atoms with van der Waals surface area (Å²) < 4.78 is 35.8. The molecule has 1 fully saturated rings. The van der Waals surface area contributed by atoms with Crippen LogP contribution in [0.3, 0.4) is 0 Å². The molecule has 6 rings (SSSR count). The normalized spacial score (nSPS) is 17.7. The molecule has 1 amide bonds. The second-order valence-electron chi connectivity index (χ2n) is 10.5. The number of anilines is 2. The highest BCUT2D eigenvalue weighted by molar-refractivity contribution is 7.86. The van der Waals surface area contributed by atoms with Crippen molar-refractivity contribution >= 4 is 78.7 Å². The molecule has 2 aliphatic heterocycles. The Morgan fingerprint density at radius 1 is 0.884 bits per heavy atom. The number of fused-ring (bicyclic) bond motifs is 1. The number of hydrazine groups is 1. The lowest BCUT2D eigenvalue weighted by molar-refractivity contribution is -0.115. The molecule has 2 aliphatic rings. The van der Waals surface area contributed by atoms with Gasteiger partial charge in [0.1, 0.15) is 10.6 Å². The van der Waals surface area contributed by atoms with Crippen LogP contribution in [-0.4, -0.2) is 42.7 Å². The summed E-state index contributed by atoms with van der Waals surface area (Å²) in [4.78, 5) is 14.3. The van der Waals surface area contributed by atoms with Crippen LogP contribution >= 0.6 is 34.8 Å². The number of benzene rings is 4. The molecule has 0 saturated carbocycles. The highest BCUT2D eigenvalue weighted by Crippen LogP contribution is 2.42. The monoisotopic (exact) mass is 656 g/mol. The Morgan fingerprint density at radius 2 is 1.58 bits per heavy atom. The van der Waals surface area contributed by atoms with Crippen molar-refractivity contribution < 1.29 is 17.8 Å². The summed E-state index contributed by atoms with van der Waals surface area (Å²) >= 11 is 19.0. The van der Waals surface area contributed by atoms with Crippen molar-refractivity contribution in [2.45, 2.75) is 36.6 Å². The lowest BCUT2D eigenvalue weighted by Crippen LogP contribution is -2.52. The molecule has 12 heteroatoms. The maximum atomic E-state index is 14.7. The number of carbonyl (C=O) groups excluding carboxylic acids is 1. The lowest BCUT2D eigenvalue weighted by Gasteiger charge is -2.38. The first kappa shape index (κ1) is 29.9. The van der Waals surface area contributed by atoms with Gasteiger partial charge < -0.3 is 0 Å². The number of hydrazone groups is 1. The van der Waals surface area contributed by atoms with Crippen molar-refractivity contribution in [2.75, 3.05) is 23.1 Å². The number of amides is 1. The number of halogens is 3. The first-order valence-electron chi connectivity index (χ1n) is 13.8. The highest BCUT2D eigenvalue weighted by Gasteiger charge is 2.39. The van der Waals surface area contributed by atoms with Crippen LogP contribution in [0, 0.1) is 0 Å². The predicted molar refractivity (Wildman–Crippen MR) is 172 cm³/mol. The second kappa shape index (κ2) is 12.1. The van der Waals surface area contributed by atoms with E-state index in [4.69, 9.17) is 39.9 Å². The molecule has 8 nitrogen and oxygen atoms in total. The first-order chi connectivity index (χ1) is 20.6. The zero-order chi connectivity index (χ0) is 30.3. The molecular formula is C31H27Cl3N4O4S. The number of hydrogen-bond donors (Lipinski definition) is 1. The molecule has 43 heavy (non-hydrogen) atoms. The molecule has 2 heterocycles. The SMILES string of the molecule is O=C(C1=NN(c2ccc(Cl)cc2Cl)C(c2ccc(Cl)cc2)C1)N(c1c(S(=O)(=O)O)ccc2ccccc12)N1CCCCC1. The largest absolute Gasteiger partial charge is 0.296 e. The van der Waals surface area contributed by atoms with Crippen molar-refractivity contribution in [3.8, 4) is 0 Å². The van der Waals surface area contributed by atoms with Gasteiger partial charge in [0.2, 0.25) is 0 Å². The van der Waals surface area contributed by atoms with E-state index in [1.807, 2.05) is 29.3 Å². The minimum Gasteiger partial charge on any atom is -0.282 e. The van der Waals surface area contributed by atoms with Crippen LogP contribution in [0.2, 0.25) is 15.1 Å². The van der Waals surface area contributed by atoms with Gasteiger partial charge >= 0.3 is 0 Å². The van der Waals surface area contributed by atoms with E-state index in [1.165, 1.54) is 11.1 Å². The summed E-state index contributed by atoms with van der Waals surface area (Å²) in [6.07, 6.45) is 2.83. The highest BCUT2D eigenvalue weighted by atomic mass is 35.5. The number of carbonyl (C=O) groups is 1. The van der Waals surface area contributed by atoms with Crippen molar-refractivity contribution in [2.24, 2.45) is 5.10 Å². The summed E-state index contributed by atoms with van der Waals surface area (Å²) in [7, 11) is -4.70. The smallest absolute Gasteiger partial charge is 0.282 e. The fourth-order valence-electron chi connectivity index (χ4n) is 5.71. The summed E-state index contributed by atoms with van der Waals surface area (Å²) in [6.45, 7) is 1.06. The third kappa shape index (κ3) is 5.98. The van der Waals surface area contributed by atoms with Gasteiger partial charge in [-0.3, -0.25) is 14.4 Å². The molecule has 4 aromatic rings. The van der Waals surface area contributed by atoms with E-state index in [9.17, 15) is 17.8 Å². The molecule has 1 unspecified atom stereocenters. The van der Waals surface area contributed by atoms with Gasteiger partial charge in [-0.15, -0.1) is 0 Å². The van der Waals surface area contributed by atoms with Gasteiger partial charge in [0.15, 0.2) is 0 Å². The summed E-state index contributed by atoms with van der Waals surface area (Å²) in [5.74, 6) is -0.491. The van der Waals surface area contributed by atoms with E-state index in [1.54, 1.807) is 53.5 Å². The van der Waals surface area contributed by atoms with Gasteiger partial charge in [-0.25, -0.2) is 10.0 Å². The minimum absolute atomic E-state index is 0.0984. The van der Waals surface area contributed by atoms with Crippen molar-refractivity contribution in [1.29, 1.82) is 0 Å². The molecule has 1 N–H and O–H groups in total. The summed E-state index contributed by atoms with van der Waals surface area (Å²) in [5, 5.41) is 12.4. The van der Waals surface area contributed by atoms with E-state index in [0.29, 0.717) is 39.2 Å². The van der Waals surface area contributed by atoms with Crippen LogP contribution in [0.4, 0.5) is 11.4 Å². The van der Waals surface area contributed by atoms with Crippen molar-refractivity contribution in [3.05, 3.63) is 99.5 Å². The van der Waals surface area contributed by atoms with Crippen LogP contribution < -0.4 is 10.0 Å². The van der Waals surface area contributed by atoms with E-state index < -0.39 is 22.1 Å². The van der Waals surface area contributed by atoms with Crippen molar-refractivity contribution in [1.82, 2.24) is 5.01 Å². The molecule has 0 aromatic heterocycles. The standard InChI is InChI=1S/C31H27Cl3N4O4S/c32-22-11-8-21(9-12-22)28-19-26(35-37(28)27-14-13-23(33)18-25(27)34)31(39)38(36-16-4-1-5-17-36)30-24-7-3-2-6-20(24)10-15-29(30)43(40,41)42/h2-3,6-15,18,28H,1,4-5,16-17,19H2,(H,40,41,42). The van der Waals surface area contributed by atoms with E-state index in [2.05, 4.69) is 0 Å². The molecular weight excluding hydrogens is 631 g/mol. The molecule has 1 atom stereocenters. The van der Waals surface area contributed by atoms with Gasteiger partial charge in [0, 0.05) is 34.9 Å². The van der Waals surface area contributed by atoms with Crippen LogP contribution in [0.15, 0.2) is 88.9 Å². The fraction of sp³-hybridized carbons (Fsp3) is 0.226. The number of piperidine rings is 1. The van der Waals surface area contributed by atoms with Crippen molar-refractivity contribution in [3.63, 3.8) is 0 Å². The Balaban J connectivity index is 1.52. The average Bonchev–Trinajstić information content (AvgIpc) is 3.43. The molecule has 0 aliphatic carbocycles. The van der Waals surface area contributed by atoms with E-state index in [-0.39, 0.29) is 22.7 Å². The number of hydrogen-bond acceptors (Lipinski definition) is 6. The second-order valence-corrected chi connectivity index (χ2v) is 13.2. The minimum atomic E-state index is -4.70. The molecule has 1 saturated heterocycles. The summed E-state index contributed by atoms with van der Waals surface area (Å²) in [6, 6.07) is 22.1. The third-order valence-corrected chi connectivity index (χ3v) is 9.40. The van der Waals surface area contributed by atoms with Crippen LogP contribution in [0.5, 0.6) is 0 Å². The fourth-order valence-corrected chi connectivity index (χ4v) is 7.01. The van der Waals surface area contributed by atoms with Gasteiger partial charge in [0.25, 0.3) is 16.0 Å². The quantitative estimate of drug-likeness (QED) is 0.213. The topological polar surface area (TPSA) is 93.5 Å². The Morgan fingerprint density at radius 3 is 2.28 bits per heavy atom. The summed E-state index contributed by atoms with van der Waals surface area (Å²) in [5.41, 5.74) is 1.71. The molecule has 0 radical (unpaired) electrons. The molecule has 4 aromatic carbocycles. The van der Waals surface area contributed by atoms with Gasteiger partial charge in [-0.05, 0) is 60.2 Å². The average molecular weight is 658 g/mol. The maximum absolute atomic E-state index is 14.7. The molecule has 222 valence electrons. The number of nitrogens with zero attached hydrogens (tertiary/aromatic N) is 4. The first-order valence-corrected chi connectivity index (χ1v) is 16.3. The zero-order valence-corrected chi connectivity index (χ0v) is 25.9.